The third-order valence-electron chi connectivity index (χ3n) is 7.10. The second-order valence-electron chi connectivity index (χ2n) is 8.76. The van der Waals surface area contributed by atoms with E-state index in [0.717, 1.165) is 42.4 Å². The number of rotatable bonds is 12. The summed E-state index contributed by atoms with van der Waals surface area (Å²) in [6.45, 7) is 1.77. The summed E-state index contributed by atoms with van der Waals surface area (Å²) in [5.41, 5.74) is 0. The van der Waals surface area contributed by atoms with Gasteiger partial charge in [0.25, 0.3) is 0 Å². The first-order valence-electron chi connectivity index (χ1n) is 12.0. The van der Waals surface area contributed by atoms with Crippen LogP contribution in [0.15, 0.2) is 72.8 Å². The summed E-state index contributed by atoms with van der Waals surface area (Å²) in [5, 5.41) is 4.29. The van der Waals surface area contributed by atoms with E-state index in [1.165, 1.54) is 28.8 Å². The van der Waals surface area contributed by atoms with Crippen LogP contribution in [-0.2, 0) is 0 Å². The van der Waals surface area contributed by atoms with E-state index in [0.29, 0.717) is 0 Å². The third kappa shape index (κ3) is 4.62. The van der Waals surface area contributed by atoms with Crippen molar-refractivity contribution < 1.29 is 14.2 Å². The van der Waals surface area contributed by atoms with E-state index in [-0.39, 0.29) is 0 Å². The Bertz CT molecular complexity index is 864. The zero-order valence-electron chi connectivity index (χ0n) is 20.8. The SMILES string of the molecule is CCCCP(CCCC)(c1ccc(OC)cc1)(c1ccc(OC)cc1)c1ccc(OC)cc1. The molecule has 0 radical (unpaired) electrons. The number of unbranched alkanes of at least 4 members (excludes halogenated alkanes) is 2. The van der Waals surface area contributed by atoms with E-state index in [9.17, 15) is 0 Å². The van der Waals surface area contributed by atoms with Crippen LogP contribution in [0.3, 0.4) is 0 Å². The van der Waals surface area contributed by atoms with Crippen LogP contribution in [-0.4, -0.2) is 33.7 Å². The predicted octanol–water partition coefficient (Wildman–Crippen LogP) is 6.14. The topological polar surface area (TPSA) is 27.7 Å². The Morgan fingerprint density at radius 1 is 0.485 bits per heavy atom. The molecule has 0 bridgehead atoms. The van der Waals surface area contributed by atoms with Crippen LogP contribution in [0, 0.1) is 0 Å². The molecule has 0 fully saturated rings. The fourth-order valence-corrected chi connectivity index (χ4v) is 12.5. The Morgan fingerprint density at radius 2 is 0.758 bits per heavy atom. The maximum atomic E-state index is 5.53. The maximum absolute atomic E-state index is 5.53. The quantitative estimate of drug-likeness (QED) is 0.300. The Balaban J connectivity index is 2.43. The Labute approximate surface area is 200 Å². The molecule has 0 unspecified atom stereocenters. The molecule has 3 rings (SSSR count). The molecule has 178 valence electrons. The van der Waals surface area contributed by atoms with Crippen molar-refractivity contribution in [3.8, 4) is 17.2 Å². The summed E-state index contributed by atoms with van der Waals surface area (Å²) < 4.78 is 16.6. The van der Waals surface area contributed by atoms with Crippen LogP contribution in [0.1, 0.15) is 39.5 Å². The van der Waals surface area contributed by atoms with Crippen LogP contribution in [0.5, 0.6) is 17.2 Å². The van der Waals surface area contributed by atoms with Gasteiger partial charge in [-0.2, -0.15) is 0 Å². The third-order valence-corrected chi connectivity index (χ3v) is 14.3. The van der Waals surface area contributed by atoms with E-state index in [1.54, 1.807) is 21.3 Å². The average molecular weight is 467 g/mol. The zero-order chi connectivity index (χ0) is 23.8. The summed E-state index contributed by atoms with van der Waals surface area (Å²) in [6, 6.07) is 26.7. The number of hydrogen-bond donors (Lipinski definition) is 0. The van der Waals surface area contributed by atoms with Gasteiger partial charge >= 0.3 is 200 Å². The Kier molecular flexibility index (Phi) is 8.43. The van der Waals surface area contributed by atoms with E-state index in [4.69, 9.17) is 14.2 Å². The summed E-state index contributed by atoms with van der Waals surface area (Å²) in [4.78, 5) is 0. The minimum atomic E-state index is -2.81. The molecule has 0 atom stereocenters. The molecular formula is C29H39O3P. The summed E-state index contributed by atoms with van der Waals surface area (Å²) >= 11 is 0. The summed E-state index contributed by atoms with van der Waals surface area (Å²) in [5.74, 6) is 2.68. The van der Waals surface area contributed by atoms with Crippen molar-refractivity contribution in [2.24, 2.45) is 0 Å². The number of hydrogen-bond acceptors (Lipinski definition) is 3. The van der Waals surface area contributed by atoms with Crippen molar-refractivity contribution in [2.75, 3.05) is 33.7 Å². The summed E-state index contributed by atoms with van der Waals surface area (Å²) in [6.07, 6.45) is 6.95. The molecule has 0 aliphatic rings. The van der Waals surface area contributed by atoms with Gasteiger partial charge in [-0.3, -0.25) is 0 Å². The molecule has 0 aromatic heterocycles. The van der Waals surface area contributed by atoms with E-state index < -0.39 is 6.60 Å². The van der Waals surface area contributed by atoms with Crippen LogP contribution in [0.4, 0.5) is 0 Å². The average Bonchev–Trinajstić information content (AvgIpc) is 2.90. The molecular weight excluding hydrogens is 427 g/mol. The first kappa shape index (κ1) is 25.1. The molecule has 0 aliphatic heterocycles. The minimum absolute atomic E-state index is 0.894. The van der Waals surface area contributed by atoms with Gasteiger partial charge in [0.2, 0.25) is 0 Å². The van der Waals surface area contributed by atoms with Gasteiger partial charge in [-0.25, -0.2) is 0 Å². The van der Waals surface area contributed by atoms with Gasteiger partial charge in [-0.15, -0.1) is 0 Å². The molecule has 33 heavy (non-hydrogen) atoms. The molecule has 0 amide bonds. The molecule has 0 N–H and O–H groups in total. The fourth-order valence-electron chi connectivity index (χ4n) is 5.17. The van der Waals surface area contributed by atoms with Crippen molar-refractivity contribution in [1.29, 1.82) is 0 Å². The van der Waals surface area contributed by atoms with Gasteiger partial charge in [0, 0.05) is 0 Å². The molecule has 3 nitrogen and oxygen atoms in total. The molecule has 0 saturated carbocycles. The Morgan fingerprint density at radius 3 is 0.970 bits per heavy atom. The Hall–Kier alpha value is -2.51. The van der Waals surface area contributed by atoms with Crippen LogP contribution < -0.4 is 30.1 Å². The predicted molar refractivity (Wildman–Crippen MR) is 144 cm³/mol. The number of benzene rings is 3. The van der Waals surface area contributed by atoms with Gasteiger partial charge in [-0.1, -0.05) is 0 Å². The van der Waals surface area contributed by atoms with Gasteiger partial charge in [0.1, 0.15) is 0 Å². The van der Waals surface area contributed by atoms with Crippen LogP contribution in [0.25, 0.3) is 0 Å². The van der Waals surface area contributed by atoms with E-state index in [2.05, 4.69) is 86.6 Å². The zero-order valence-corrected chi connectivity index (χ0v) is 21.7. The molecule has 0 heterocycles. The van der Waals surface area contributed by atoms with E-state index >= 15 is 0 Å². The molecule has 0 saturated heterocycles. The second-order valence-corrected chi connectivity index (χ2v) is 14.2. The van der Waals surface area contributed by atoms with Gasteiger partial charge < -0.3 is 0 Å². The molecule has 0 aliphatic carbocycles. The van der Waals surface area contributed by atoms with Crippen molar-refractivity contribution in [2.45, 2.75) is 39.5 Å². The van der Waals surface area contributed by atoms with Crippen LogP contribution >= 0.6 is 6.60 Å². The number of ether oxygens (including phenoxy) is 3. The molecule has 3 aromatic carbocycles. The summed E-state index contributed by atoms with van der Waals surface area (Å²) in [7, 11) is 5.20. The number of methoxy groups -OCH3 is 3. The normalized spacial score (nSPS) is 12.6. The van der Waals surface area contributed by atoms with Crippen molar-refractivity contribution in [1.82, 2.24) is 0 Å². The first-order chi connectivity index (χ1) is 16.1. The van der Waals surface area contributed by atoms with Gasteiger partial charge in [0.15, 0.2) is 0 Å². The van der Waals surface area contributed by atoms with Crippen molar-refractivity contribution in [3.05, 3.63) is 72.8 Å². The molecule has 4 heteroatoms. The fraction of sp³-hybridized carbons (Fsp3) is 0.379. The van der Waals surface area contributed by atoms with Gasteiger partial charge in [-0.05, 0) is 0 Å². The van der Waals surface area contributed by atoms with Gasteiger partial charge in [0.05, 0.1) is 0 Å². The molecule has 0 spiro atoms. The van der Waals surface area contributed by atoms with Crippen molar-refractivity contribution in [3.63, 3.8) is 0 Å². The first-order valence-corrected chi connectivity index (χ1v) is 14.6. The second kappa shape index (κ2) is 11.1. The standard InChI is InChI=1S/C29H39O3P/c1-6-8-22-33(23-9-7-2,27-16-10-24(30-3)11-17-27,28-18-12-25(31-4)13-19-28)29-20-14-26(32-5)15-21-29/h10-21H,6-9,22-23H2,1-5H3. The molecule has 3 aromatic rings. The van der Waals surface area contributed by atoms with Crippen LogP contribution in [0.2, 0.25) is 0 Å². The van der Waals surface area contributed by atoms with E-state index in [1.807, 2.05) is 0 Å². The monoisotopic (exact) mass is 466 g/mol. The van der Waals surface area contributed by atoms with Crippen molar-refractivity contribution >= 4 is 22.5 Å².